The molecule has 0 bridgehead atoms. The smallest absolute Gasteiger partial charge is 0.436 e. The second-order valence-electron chi connectivity index (χ2n) is 5.61. The minimum Gasteiger partial charge on any atom is -0.436 e. The maximum atomic E-state index is 11.5. The lowest BCUT2D eigenvalue weighted by Crippen LogP contribution is -2.57. The van der Waals surface area contributed by atoms with Crippen molar-refractivity contribution in [2.45, 2.75) is 85.7 Å². The Balaban J connectivity index is 5.12. The molecule has 0 amide bonds. The van der Waals surface area contributed by atoms with Gasteiger partial charge in [0, 0.05) is 32.7 Å². The average molecular weight is 365 g/mol. The topological polar surface area (TPSA) is 63.2 Å². The summed E-state index contributed by atoms with van der Waals surface area (Å²) in [5.41, 5.74) is -0.406. The number of carbonyl (C=O) groups excluding carboxylic acids is 1. The molecule has 2 unspecified atom stereocenters. The monoisotopic (exact) mass is 364 g/mol. The summed E-state index contributed by atoms with van der Waals surface area (Å²) >= 11 is 0. The zero-order valence-electron chi connectivity index (χ0n) is 16.3. The van der Waals surface area contributed by atoms with Crippen LogP contribution >= 0.6 is 0 Å². The van der Waals surface area contributed by atoms with E-state index in [0.717, 1.165) is 19.3 Å². The van der Waals surface area contributed by atoms with E-state index in [1.54, 1.807) is 6.92 Å². The van der Waals surface area contributed by atoms with Crippen LogP contribution in [0.4, 0.5) is 0 Å². The van der Waals surface area contributed by atoms with Gasteiger partial charge >= 0.3 is 14.8 Å². The molecule has 0 aliphatic rings. The highest BCUT2D eigenvalue weighted by Gasteiger charge is 2.49. The van der Waals surface area contributed by atoms with Gasteiger partial charge in [-0.15, -0.1) is 0 Å². The minimum atomic E-state index is -3.02. The van der Waals surface area contributed by atoms with Crippen molar-refractivity contribution in [2.75, 3.05) is 19.8 Å². The van der Waals surface area contributed by atoms with Crippen LogP contribution in [-0.2, 0) is 27.5 Å². The zero-order chi connectivity index (χ0) is 18.4. The van der Waals surface area contributed by atoms with E-state index in [0.29, 0.717) is 32.7 Å². The lowest BCUT2D eigenvalue weighted by molar-refractivity contribution is -0.187. The van der Waals surface area contributed by atoms with Gasteiger partial charge in [0.15, 0.2) is 0 Å². The Kier molecular flexibility index (Phi) is 13.5. The van der Waals surface area contributed by atoms with Crippen molar-refractivity contribution >= 4 is 14.8 Å². The van der Waals surface area contributed by atoms with Crippen LogP contribution < -0.4 is 0 Å². The Morgan fingerprint density at radius 2 is 1.33 bits per heavy atom. The maximum absolute atomic E-state index is 11.5. The van der Waals surface area contributed by atoms with Crippen LogP contribution in [0.15, 0.2) is 0 Å². The van der Waals surface area contributed by atoms with Gasteiger partial charge in [0.05, 0.1) is 0 Å². The van der Waals surface area contributed by atoms with Gasteiger partial charge in [-0.1, -0.05) is 34.6 Å². The lowest BCUT2D eigenvalue weighted by atomic mass is 10.4. The zero-order valence-corrected chi connectivity index (χ0v) is 17.3. The summed E-state index contributed by atoms with van der Waals surface area (Å²) in [4.78, 5) is 11.5. The van der Waals surface area contributed by atoms with Gasteiger partial charge in [-0.05, 0) is 26.2 Å². The Morgan fingerprint density at radius 1 is 0.875 bits per heavy atom. The van der Waals surface area contributed by atoms with Crippen LogP contribution in [0.1, 0.15) is 73.6 Å². The fraction of sp³-hybridized carbons (Fsp3) is 0.941. The Bertz CT molecular complexity index is 304. The molecule has 0 aliphatic carbocycles. The standard InChI is InChI=1S/C17H36O6Si/c1-7-12-19-24(20-13-8-2,21-14-9-3)15(6)22-17(11-5)23-16(18)10-4/h15,17H,7-14H2,1-6H3. The molecule has 0 aromatic heterocycles. The van der Waals surface area contributed by atoms with Crippen LogP contribution in [0.2, 0.25) is 0 Å². The first kappa shape index (κ1) is 23.5. The predicted molar refractivity (Wildman–Crippen MR) is 95.5 cm³/mol. The van der Waals surface area contributed by atoms with E-state index in [2.05, 4.69) is 0 Å². The van der Waals surface area contributed by atoms with Gasteiger partial charge in [-0.25, -0.2) is 0 Å². The largest absolute Gasteiger partial charge is 0.531 e. The number of rotatable bonds is 15. The van der Waals surface area contributed by atoms with E-state index < -0.39 is 20.8 Å². The van der Waals surface area contributed by atoms with Crippen LogP contribution in [-0.4, -0.2) is 46.6 Å². The second kappa shape index (κ2) is 13.8. The fourth-order valence-corrected chi connectivity index (χ4v) is 4.70. The number of hydrogen-bond donors (Lipinski definition) is 0. The molecule has 6 nitrogen and oxygen atoms in total. The van der Waals surface area contributed by atoms with E-state index in [-0.39, 0.29) is 5.97 Å². The van der Waals surface area contributed by atoms with Gasteiger partial charge in [-0.3, -0.25) is 4.79 Å². The molecule has 7 heteroatoms. The number of carbonyl (C=O) groups is 1. The van der Waals surface area contributed by atoms with E-state index in [9.17, 15) is 4.79 Å². The van der Waals surface area contributed by atoms with Crippen molar-refractivity contribution in [1.82, 2.24) is 0 Å². The lowest BCUT2D eigenvalue weighted by Gasteiger charge is -2.35. The van der Waals surface area contributed by atoms with Crippen molar-refractivity contribution in [2.24, 2.45) is 0 Å². The van der Waals surface area contributed by atoms with Crippen molar-refractivity contribution in [3.63, 3.8) is 0 Å². The first-order valence-corrected chi connectivity index (χ1v) is 11.1. The third-order valence-electron chi connectivity index (χ3n) is 3.26. The molecule has 0 saturated heterocycles. The van der Waals surface area contributed by atoms with Crippen molar-refractivity contribution < 1.29 is 27.5 Å². The summed E-state index contributed by atoms with van der Waals surface area (Å²) in [6.07, 6.45) is 2.88. The molecule has 0 rings (SSSR count). The van der Waals surface area contributed by atoms with Gasteiger partial charge in [0.1, 0.15) is 5.73 Å². The Hall–Kier alpha value is -0.473. The van der Waals surface area contributed by atoms with Crippen molar-refractivity contribution in [1.29, 1.82) is 0 Å². The van der Waals surface area contributed by atoms with Gasteiger partial charge < -0.3 is 22.8 Å². The van der Waals surface area contributed by atoms with E-state index >= 15 is 0 Å². The summed E-state index contributed by atoms with van der Waals surface area (Å²) in [7, 11) is -3.02. The van der Waals surface area contributed by atoms with Gasteiger partial charge in [0.2, 0.25) is 6.29 Å². The SMILES string of the molecule is CCCO[Si](OCCC)(OCCC)C(C)OC(CC)OC(=O)CC. The quantitative estimate of drug-likeness (QED) is 0.250. The van der Waals surface area contributed by atoms with Gasteiger partial charge in [-0.2, -0.15) is 0 Å². The highest BCUT2D eigenvalue weighted by atomic mass is 28.4. The molecule has 0 spiro atoms. The molecular formula is C17H36O6Si. The first-order chi connectivity index (χ1) is 11.5. The molecular weight excluding hydrogens is 328 g/mol. The van der Waals surface area contributed by atoms with Crippen molar-refractivity contribution in [3.05, 3.63) is 0 Å². The van der Waals surface area contributed by atoms with E-state index in [1.807, 2.05) is 34.6 Å². The molecule has 0 radical (unpaired) electrons. The minimum absolute atomic E-state index is 0.278. The third kappa shape index (κ3) is 8.57. The normalized spacial score (nSPS) is 14.4. The number of hydrogen-bond acceptors (Lipinski definition) is 6. The number of ether oxygens (including phenoxy) is 2. The predicted octanol–water partition coefficient (Wildman–Crippen LogP) is 3.84. The molecule has 144 valence electrons. The molecule has 0 aromatic carbocycles. The van der Waals surface area contributed by atoms with Crippen LogP contribution in [0.5, 0.6) is 0 Å². The highest BCUT2D eigenvalue weighted by molar-refractivity contribution is 6.62. The summed E-state index contributed by atoms with van der Waals surface area (Å²) in [5.74, 6) is -0.278. The van der Waals surface area contributed by atoms with Crippen LogP contribution in [0.3, 0.4) is 0 Å². The van der Waals surface area contributed by atoms with Crippen LogP contribution in [0.25, 0.3) is 0 Å². The summed E-state index contributed by atoms with van der Waals surface area (Å²) in [6, 6.07) is 0. The average Bonchev–Trinajstić information content (AvgIpc) is 2.60. The summed E-state index contributed by atoms with van der Waals surface area (Å²) in [6.45, 7) is 13.4. The highest BCUT2D eigenvalue weighted by Crippen LogP contribution is 2.21. The third-order valence-corrected chi connectivity index (χ3v) is 6.21. The summed E-state index contributed by atoms with van der Waals surface area (Å²) < 4.78 is 29.4. The Morgan fingerprint density at radius 3 is 1.67 bits per heavy atom. The molecule has 2 atom stereocenters. The molecule has 0 aliphatic heterocycles. The first-order valence-electron chi connectivity index (χ1n) is 9.26. The molecule has 24 heavy (non-hydrogen) atoms. The van der Waals surface area contributed by atoms with Gasteiger partial charge in [0.25, 0.3) is 0 Å². The fourth-order valence-electron chi connectivity index (χ4n) is 1.96. The van der Waals surface area contributed by atoms with E-state index in [4.69, 9.17) is 22.8 Å². The molecule has 0 N–H and O–H groups in total. The molecule has 0 saturated carbocycles. The molecule has 0 aromatic rings. The van der Waals surface area contributed by atoms with Crippen LogP contribution in [0, 0.1) is 0 Å². The second-order valence-corrected chi connectivity index (χ2v) is 8.49. The Labute approximate surface area is 148 Å². The molecule has 0 fully saturated rings. The maximum Gasteiger partial charge on any atom is 0.531 e. The number of esters is 1. The van der Waals surface area contributed by atoms with E-state index in [1.165, 1.54) is 0 Å². The summed E-state index contributed by atoms with van der Waals surface area (Å²) in [5, 5.41) is 0. The molecule has 0 heterocycles. The van der Waals surface area contributed by atoms with Crippen molar-refractivity contribution in [3.8, 4) is 0 Å².